The van der Waals surface area contributed by atoms with E-state index in [9.17, 15) is 19.5 Å². The second kappa shape index (κ2) is 11.2. The molecule has 1 unspecified atom stereocenters. The Morgan fingerprint density at radius 3 is 2.49 bits per heavy atom. The lowest BCUT2D eigenvalue weighted by molar-refractivity contribution is -0.158. The van der Waals surface area contributed by atoms with Gasteiger partial charge in [0.1, 0.15) is 0 Å². The predicted octanol–water partition coefficient (Wildman–Crippen LogP) is 4.77. The van der Waals surface area contributed by atoms with E-state index in [1.165, 1.54) is 4.90 Å². The number of likely N-dealkylation sites (tertiary alicyclic amines) is 1. The van der Waals surface area contributed by atoms with E-state index < -0.39 is 5.60 Å². The molecular weight excluding hydrogens is 540 g/mol. The normalized spacial score (nSPS) is 27.2. The molecule has 0 bridgehead atoms. The summed E-state index contributed by atoms with van der Waals surface area (Å²) in [5.41, 5.74) is 2.48. The van der Waals surface area contributed by atoms with Gasteiger partial charge >= 0.3 is 0 Å². The van der Waals surface area contributed by atoms with E-state index in [4.69, 9.17) is 0 Å². The van der Waals surface area contributed by atoms with Crippen molar-refractivity contribution in [2.45, 2.75) is 63.1 Å². The van der Waals surface area contributed by atoms with Gasteiger partial charge in [0.25, 0.3) is 11.8 Å². The summed E-state index contributed by atoms with van der Waals surface area (Å²) < 4.78 is 0. The molecule has 43 heavy (non-hydrogen) atoms. The molecule has 3 aliphatic heterocycles. The molecule has 3 fully saturated rings. The molecule has 1 aliphatic carbocycles. The fourth-order valence-electron chi connectivity index (χ4n) is 8.07. The average molecular weight is 579 g/mol. The number of pyridine rings is 1. The van der Waals surface area contributed by atoms with Gasteiger partial charge in [-0.3, -0.25) is 24.3 Å². The number of amides is 3. The third kappa shape index (κ3) is 4.82. The summed E-state index contributed by atoms with van der Waals surface area (Å²) in [5.74, 6) is -0.595. The van der Waals surface area contributed by atoms with Crippen molar-refractivity contribution >= 4 is 23.4 Å². The van der Waals surface area contributed by atoms with E-state index in [0.717, 1.165) is 61.9 Å². The number of fused-ring (bicyclic) bond motifs is 2. The van der Waals surface area contributed by atoms with Gasteiger partial charge in [0.2, 0.25) is 5.91 Å². The lowest BCUT2D eigenvalue weighted by Gasteiger charge is -2.53. The molecule has 3 amide bonds. The maximum atomic E-state index is 14.2. The van der Waals surface area contributed by atoms with Crippen LogP contribution >= 0.6 is 0 Å². The van der Waals surface area contributed by atoms with Crippen LogP contribution in [0.15, 0.2) is 73.1 Å². The maximum absolute atomic E-state index is 14.2. The first-order valence-electron chi connectivity index (χ1n) is 15.7. The Hall–Kier alpha value is -4.04. The second-order valence-electron chi connectivity index (χ2n) is 12.6. The Labute approximate surface area is 252 Å². The largest absolute Gasteiger partial charge is 0.385 e. The third-order valence-electron chi connectivity index (χ3n) is 10.2. The summed E-state index contributed by atoms with van der Waals surface area (Å²) >= 11 is 0. The second-order valence-corrected chi connectivity index (χ2v) is 12.6. The van der Waals surface area contributed by atoms with E-state index in [1.54, 1.807) is 18.5 Å². The molecule has 0 spiro atoms. The first kappa shape index (κ1) is 27.8. The minimum atomic E-state index is -0.915. The highest BCUT2D eigenvalue weighted by Crippen LogP contribution is 2.47. The Kier molecular flexibility index (Phi) is 7.25. The number of carbonyl (C=O) groups is 3. The number of hydrogen-bond donors (Lipinski definition) is 1. The lowest BCUT2D eigenvalue weighted by Crippen LogP contribution is -2.60. The van der Waals surface area contributed by atoms with E-state index in [0.29, 0.717) is 30.6 Å². The number of anilines is 1. The van der Waals surface area contributed by atoms with Crippen molar-refractivity contribution in [3.05, 3.63) is 95.3 Å². The number of piperidine rings is 2. The zero-order valence-electron chi connectivity index (χ0n) is 24.4. The molecule has 8 nitrogen and oxygen atoms in total. The molecule has 0 radical (unpaired) electrons. The van der Waals surface area contributed by atoms with Gasteiger partial charge in [-0.05, 0) is 67.5 Å². The highest BCUT2D eigenvalue weighted by molar-refractivity contribution is 6.23. The fraction of sp³-hybridized carbons (Fsp3) is 0.429. The first-order valence-corrected chi connectivity index (χ1v) is 15.7. The van der Waals surface area contributed by atoms with Crippen LogP contribution in [0.25, 0.3) is 0 Å². The summed E-state index contributed by atoms with van der Waals surface area (Å²) in [6.07, 6.45) is 9.44. The summed E-state index contributed by atoms with van der Waals surface area (Å²) in [6, 6.07) is 19.1. The number of imide groups is 1. The monoisotopic (exact) mass is 578 g/mol. The molecule has 2 saturated heterocycles. The van der Waals surface area contributed by atoms with E-state index in [-0.39, 0.29) is 42.1 Å². The van der Waals surface area contributed by atoms with Crippen LogP contribution in [0.3, 0.4) is 0 Å². The topological polar surface area (TPSA) is 94.1 Å². The molecule has 1 saturated carbocycles. The van der Waals surface area contributed by atoms with Crippen molar-refractivity contribution in [1.29, 1.82) is 0 Å². The Morgan fingerprint density at radius 1 is 0.884 bits per heavy atom. The molecule has 2 aromatic carbocycles. The van der Waals surface area contributed by atoms with Crippen LogP contribution in [0.4, 0.5) is 5.69 Å². The smallest absolute Gasteiger partial charge is 0.263 e. The summed E-state index contributed by atoms with van der Waals surface area (Å²) in [5, 5.41) is 12.0. The molecule has 222 valence electrons. The van der Waals surface area contributed by atoms with Gasteiger partial charge in [-0.2, -0.15) is 0 Å². The third-order valence-corrected chi connectivity index (χ3v) is 10.2. The standard InChI is InChI=1S/C35H38N4O4/c40-32(38-21-17-35(43,26-9-2-1-3-10-26)28-12-4-5-13-29(28)38)25-8-7-20-37(23-25)30-14-6-11-27-31(30)34(42)39(33(27)41)22-24-15-18-36-19-16-24/h1-3,6,9-11,14-16,18-19,25,28-29,43H,4-5,7-8,12-13,17,20-23H2/t25?,28-,29+,35+/m1/s1. The van der Waals surface area contributed by atoms with Crippen molar-refractivity contribution in [2.75, 3.05) is 24.5 Å². The number of aliphatic hydroxyl groups is 1. The van der Waals surface area contributed by atoms with Gasteiger partial charge in [0.05, 0.1) is 34.9 Å². The predicted molar refractivity (Wildman–Crippen MR) is 162 cm³/mol. The number of benzene rings is 2. The molecule has 4 heterocycles. The molecule has 8 heteroatoms. The Balaban J connectivity index is 1.11. The van der Waals surface area contributed by atoms with Gasteiger partial charge in [0, 0.05) is 44.0 Å². The van der Waals surface area contributed by atoms with Crippen LogP contribution in [-0.4, -0.2) is 63.3 Å². The molecule has 3 aromatic rings. The van der Waals surface area contributed by atoms with Gasteiger partial charge in [0.15, 0.2) is 0 Å². The van der Waals surface area contributed by atoms with Gasteiger partial charge in [-0.25, -0.2) is 0 Å². The van der Waals surface area contributed by atoms with Crippen molar-refractivity contribution in [2.24, 2.45) is 11.8 Å². The van der Waals surface area contributed by atoms with Crippen LogP contribution in [0.5, 0.6) is 0 Å². The number of nitrogens with zero attached hydrogens (tertiary/aromatic N) is 4. The Bertz CT molecular complexity index is 1530. The molecule has 7 rings (SSSR count). The van der Waals surface area contributed by atoms with Crippen LogP contribution in [-0.2, 0) is 16.9 Å². The summed E-state index contributed by atoms with van der Waals surface area (Å²) in [4.78, 5) is 50.7. The van der Waals surface area contributed by atoms with Crippen molar-refractivity contribution in [3.8, 4) is 0 Å². The maximum Gasteiger partial charge on any atom is 0.263 e. The minimum Gasteiger partial charge on any atom is -0.385 e. The summed E-state index contributed by atoms with van der Waals surface area (Å²) in [6.45, 7) is 1.98. The van der Waals surface area contributed by atoms with Gasteiger partial charge in [-0.1, -0.05) is 49.2 Å². The lowest BCUT2D eigenvalue weighted by atomic mass is 9.66. The highest BCUT2D eigenvalue weighted by Gasteiger charge is 2.51. The van der Waals surface area contributed by atoms with Crippen molar-refractivity contribution in [1.82, 2.24) is 14.8 Å². The molecular formula is C35H38N4O4. The zero-order chi connectivity index (χ0) is 29.6. The van der Waals surface area contributed by atoms with Gasteiger partial charge in [-0.15, -0.1) is 0 Å². The van der Waals surface area contributed by atoms with Crippen LogP contribution in [0.1, 0.15) is 76.8 Å². The van der Waals surface area contributed by atoms with E-state index >= 15 is 0 Å². The quantitative estimate of drug-likeness (QED) is 0.439. The number of aromatic nitrogens is 1. The van der Waals surface area contributed by atoms with E-state index in [1.807, 2.05) is 54.6 Å². The molecule has 1 aromatic heterocycles. The highest BCUT2D eigenvalue weighted by atomic mass is 16.3. The molecule has 1 N–H and O–H groups in total. The summed E-state index contributed by atoms with van der Waals surface area (Å²) in [7, 11) is 0. The van der Waals surface area contributed by atoms with Gasteiger partial charge < -0.3 is 14.9 Å². The Morgan fingerprint density at radius 2 is 1.67 bits per heavy atom. The van der Waals surface area contributed by atoms with Crippen LogP contribution in [0, 0.1) is 11.8 Å². The molecule has 4 aliphatic rings. The number of rotatable bonds is 5. The first-order chi connectivity index (χ1) is 21.0. The van der Waals surface area contributed by atoms with Crippen molar-refractivity contribution in [3.63, 3.8) is 0 Å². The minimum absolute atomic E-state index is 0.0217. The van der Waals surface area contributed by atoms with Crippen LogP contribution < -0.4 is 4.90 Å². The number of carbonyl (C=O) groups excluding carboxylic acids is 3. The van der Waals surface area contributed by atoms with Crippen molar-refractivity contribution < 1.29 is 19.5 Å². The SMILES string of the molecule is O=C1c2cccc(N3CCCC(C(=O)N4CC[C@](O)(c5ccccc5)[C@@H]5CCCC[C@@H]54)C3)c2C(=O)N1Cc1ccncc1. The zero-order valence-corrected chi connectivity index (χ0v) is 24.4. The molecule has 4 atom stereocenters. The average Bonchev–Trinajstić information content (AvgIpc) is 3.30. The van der Waals surface area contributed by atoms with E-state index in [2.05, 4.69) is 14.8 Å². The fourth-order valence-corrected chi connectivity index (χ4v) is 8.07. The van der Waals surface area contributed by atoms with Crippen LogP contribution in [0.2, 0.25) is 0 Å². The number of hydrogen-bond acceptors (Lipinski definition) is 6.